The lowest BCUT2D eigenvalue weighted by Crippen LogP contribution is -2.09. The number of nitrogens with one attached hydrogen (secondary N) is 1. The van der Waals surface area contributed by atoms with Crippen molar-refractivity contribution in [2.24, 2.45) is 0 Å². The zero-order chi connectivity index (χ0) is 18.4. The zero-order valence-corrected chi connectivity index (χ0v) is 14.2. The number of halogens is 1. The Morgan fingerprint density at radius 1 is 1.16 bits per heavy atom. The molecule has 0 aliphatic rings. The summed E-state index contributed by atoms with van der Waals surface area (Å²) in [6.45, 7) is 0. The molecule has 0 unspecified atom stereocenters. The second-order valence-corrected chi connectivity index (χ2v) is 5.27. The lowest BCUT2D eigenvalue weighted by atomic mass is 10.2. The minimum absolute atomic E-state index is 0.0143. The second-order valence-electron chi connectivity index (χ2n) is 4.86. The maximum Gasteiger partial charge on any atom is 0.269 e. The van der Waals surface area contributed by atoms with Gasteiger partial charge in [0.15, 0.2) is 0 Å². The lowest BCUT2D eigenvalue weighted by molar-refractivity contribution is -0.384. The molecule has 2 aromatic rings. The first kappa shape index (κ1) is 18.3. The quantitative estimate of drug-likeness (QED) is 0.478. The van der Waals surface area contributed by atoms with Crippen LogP contribution in [-0.2, 0) is 4.79 Å². The number of amides is 1. The van der Waals surface area contributed by atoms with E-state index in [9.17, 15) is 14.9 Å². The molecule has 2 aromatic carbocycles. The molecule has 0 atom stereocenters. The topological polar surface area (TPSA) is 90.7 Å². The van der Waals surface area contributed by atoms with Crippen molar-refractivity contribution in [2.45, 2.75) is 0 Å². The van der Waals surface area contributed by atoms with Crippen LogP contribution in [0.2, 0.25) is 5.02 Å². The number of methoxy groups -OCH3 is 2. The molecule has 0 aliphatic carbocycles. The fraction of sp³-hybridized carbons (Fsp3) is 0.118. The minimum Gasteiger partial charge on any atom is -0.495 e. The van der Waals surface area contributed by atoms with E-state index in [2.05, 4.69) is 5.32 Å². The molecular weight excluding hydrogens is 348 g/mol. The number of ether oxygens (including phenoxy) is 2. The van der Waals surface area contributed by atoms with E-state index in [1.54, 1.807) is 24.3 Å². The third-order valence-electron chi connectivity index (χ3n) is 3.26. The van der Waals surface area contributed by atoms with Gasteiger partial charge >= 0.3 is 0 Å². The highest BCUT2D eigenvalue weighted by molar-refractivity contribution is 6.32. The molecule has 1 N–H and O–H groups in total. The third-order valence-corrected chi connectivity index (χ3v) is 3.56. The van der Waals surface area contributed by atoms with Gasteiger partial charge in [-0.1, -0.05) is 11.6 Å². The molecule has 0 aliphatic heterocycles. The Kier molecular flexibility index (Phi) is 5.97. The Hall–Kier alpha value is -3.06. The predicted molar refractivity (Wildman–Crippen MR) is 95.3 cm³/mol. The van der Waals surface area contributed by atoms with Gasteiger partial charge in [0, 0.05) is 30.3 Å². The second kappa shape index (κ2) is 8.16. The van der Waals surface area contributed by atoms with E-state index in [-0.39, 0.29) is 5.69 Å². The van der Waals surface area contributed by atoms with Crippen LogP contribution in [0.1, 0.15) is 5.56 Å². The van der Waals surface area contributed by atoms with E-state index in [0.29, 0.717) is 27.8 Å². The van der Waals surface area contributed by atoms with Gasteiger partial charge < -0.3 is 14.8 Å². The average Bonchev–Trinajstić information content (AvgIpc) is 2.61. The molecule has 8 heteroatoms. The van der Waals surface area contributed by atoms with Gasteiger partial charge in [0.05, 0.1) is 29.9 Å². The largest absolute Gasteiger partial charge is 0.495 e. The molecule has 7 nitrogen and oxygen atoms in total. The summed E-state index contributed by atoms with van der Waals surface area (Å²) in [5.41, 5.74) is 1.04. The van der Waals surface area contributed by atoms with Crippen molar-refractivity contribution in [2.75, 3.05) is 19.5 Å². The number of nitrogens with zero attached hydrogens (tertiary/aromatic N) is 1. The molecule has 0 spiro atoms. The summed E-state index contributed by atoms with van der Waals surface area (Å²) in [5.74, 6) is 0.390. The third kappa shape index (κ3) is 4.71. The number of hydrogen-bond donors (Lipinski definition) is 1. The van der Waals surface area contributed by atoms with Crippen LogP contribution in [0.3, 0.4) is 0 Å². The van der Waals surface area contributed by atoms with Crippen molar-refractivity contribution in [3.63, 3.8) is 0 Å². The summed E-state index contributed by atoms with van der Waals surface area (Å²) < 4.78 is 10.3. The molecule has 0 fully saturated rings. The monoisotopic (exact) mass is 362 g/mol. The molecule has 0 bridgehead atoms. The van der Waals surface area contributed by atoms with Gasteiger partial charge in [-0.15, -0.1) is 0 Å². The zero-order valence-electron chi connectivity index (χ0n) is 13.5. The summed E-state index contributed by atoms with van der Waals surface area (Å²) in [6, 6.07) is 8.92. The number of anilines is 1. The molecule has 0 saturated heterocycles. The summed E-state index contributed by atoms with van der Waals surface area (Å²) in [4.78, 5) is 22.2. The molecule has 0 saturated carbocycles. The van der Waals surface area contributed by atoms with Gasteiger partial charge in [0.2, 0.25) is 5.91 Å². The number of hydrogen-bond acceptors (Lipinski definition) is 5. The van der Waals surface area contributed by atoms with Crippen LogP contribution >= 0.6 is 11.6 Å². The number of rotatable bonds is 6. The van der Waals surface area contributed by atoms with E-state index in [1.165, 1.54) is 38.5 Å². The van der Waals surface area contributed by atoms with Gasteiger partial charge in [-0.05, 0) is 23.8 Å². The normalized spacial score (nSPS) is 10.5. The maximum absolute atomic E-state index is 12.1. The molecule has 2 rings (SSSR count). The lowest BCUT2D eigenvalue weighted by Gasteiger charge is -2.12. The van der Waals surface area contributed by atoms with Crippen molar-refractivity contribution in [1.29, 1.82) is 0 Å². The fourth-order valence-electron chi connectivity index (χ4n) is 2.01. The number of carbonyl (C=O) groups excluding carboxylic acids is 1. The van der Waals surface area contributed by atoms with Crippen LogP contribution in [0, 0.1) is 10.1 Å². The van der Waals surface area contributed by atoms with E-state index < -0.39 is 10.8 Å². The maximum atomic E-state index is 12.1. The average molecular weight is 363 g/mol. The van der Waals surface area contributed by atoms with E-state index in [0.717, 1.165) is 0 Å². The van der Waals surface area contributed by atoms with E-state index in [1.807, 2.05) is 0 Å². The summed E-state index contributed by atoms with van der Waals surface area (Å²) in [6.07, 6.45) is 2.85. The van der Waals surface area contributed by atoms with Crippen LogP contribution in [0.15, 0.2) is 42.5 Å². The van der Waals surface area contributed by atoms with Crippen LogP contribution in [0.25, 0.3) is 6.08 Å². The fourth-order valence-corrected chi connectivity index (χ4v) is 2.24. The van der Waals surface area contributed by atoms with Gasteiger partial charge in [-0.3, -0.25) is 14.9 Å². The molecule has 1 amide bonds. The highest BCUT2D eigenvalue weighted by Gasteiger charge is 2.11. The first-order chi connectivity index (χ1) is 11.9. The molecule has 25 heavy (non-hydrogen) atoms. The Labute approximate surface area is 149 Å². The van der Waals surface area contributed by atoms with Crippen molar-refractivity contribution >= 4 is 35.0 Å². The Balaban J connectivity index is 2.13. The van der Waals surface area contributed by atoms with Crippen LogP contribution < -0.4 is 14.8 Å². The highest BCUT2D eigenvalue weighted by Crippen LogP contribution is 2.35. The standard InChI is InChI=1S/C17H15ClN2O5/c1-24-15-10-14(16(25-2)9-13(15)18)19-17(21)8-5-11-3-6-12(7-4-11)20(22)23/h3-10H,1-2H3,(H,19,21)/b8-5+. The summed E-state index contributed by atoms with van der Waals surface area (Å²) >= 11 is 6.01. The van der Waals surface area contributed by atoms with Crippen molar-refractivity contribution < 1.29 is 19.2 Å². The van der Waals surface area contributed by atoms with Crippen molar-refractivity contribution in [3.8, 4) is 11.5 Å². The van der Waals surface area contributed by atoms with Crippen LogP contribution in [0.4, 0.5) is 11.4 Å². The molecule has 0 aromatic heterocycles. The predicted octanol–water partition coefficient (Wildman–Crippen LogP) is 3.92. The Bertz CT molecular complexity index is 819. The van der Waals surface area contributed by atoms with Crippen molar-refractivity contribution in [3.05, 3.63) is 63.2 Å². The number of benzene rings is 2. The molecule has 0 radical (unpaired) electrons. The van der Waals surface area contributed by atoms with E-state index >= 15 is 0 Å². The molecular formula is C17H15ClN2O5. The summed E-state index contributed by atoms with van der Waals surface area (Å²) in [5, 5.41) is 13.6. The number of non-ortho nitro benzene ring substituents is 1. The number of nitro benzene ring substituents is 1. The van der Waals surface area contributed by atoms with Crippen LogP contribution in [-0.4, -0.2) is 25.1 Å². The van der Waals surface area contributed by atoms with Gasteiger partial charge in [0.1, 0.15) is 11.5 Å². The van der Waals surface area contributed by atoms with Crippen LogP contribution in [0.5, 0.6) is 11.5 Å². The number of carbonyl (C=O) groups is 1. The highest BCUT2D eigenvalue weighted by atomic mass is 35.5. The van der Waals surface area contributed by atoms with Gasteiger partial charge in [-0.25, -0.2) is 0 Å². The number of nitro groups is 1. The molecule has 130 valence electrons. The minimum atomic E-state index is -0.486. The Morgan fingerprint density at radius 3 is 2.36 bits per heavy atom. The first-order valence-electron chi connectivity index (χ1n) is 7.09. The smallest absolute Gasteiger partial charge is 0.269 e. The van der Waals surface area contributed by atoms with Gasteiger partial charge in [0.25, 0.3) is 5.69 Å². The first-order valence-corrected chi connectivity index (χ1v) is 7.47. The SMILES string of the molecule is COc1cc(NC(=O)/C=C/c2ccc([N+](=O)[O-])cc2)c(OC)cc1Cl. The van der Waals surface area contributed by atoms with Crippen molar-refractivity contribution in [1.82, 2.24) is 0 Å². The molecule has 0 heterocycles. The summed E-state index contributed by atoms with van der Waals surface area (Å²) in [7, 11) is 2.92. The van der Waals surface area contributed by atoms with E-state index in [4.69, 9.17) is 21.1 Å². The van der Waals surface area contributed by atoms with Gasteiger partial charge in [-0.2, -0.15) is 0 Å². The Morgan fingerprint density at radius 2 is 1.80 bits per heavy atom.